The number of nitrogens with one attached hydrogen (secondary N) is 1. The number of hydrogen-bond acceptors (Lipinski definition) is 9. The van der Waals surface area contributed by atoms with Crippen molar-refractivity contribution < 1.29 is 37.1 Å². The summed E-state index contributed by atoms with van der Waals surface area (Å²) in [6.07, 6.45) is -0.747. The Balaban J connectivity index is 1.29. The third-order valence-electron chi connectivity index (χ3n) is 8.86. The van der Waals surface area contributed by atoms with Crippen LogP contribution in [0.15, 0.2) is 36.7 Å². The van der Waals surface area contributed by atoms with Crippen LogP contribution in [-0.4, -0.2) is 72.4 Å². The van der Waals surface area contributed by atoms with Crippen LogP contribution >= 0.6 is 0 Å². The Bertz CT molecular complexity index is 1970. The van der Waals surface area contributed by atoms with Gasteiger partial charge in [0, 0.05) is 36.3 Å². The number of benzene rings is 1. The largest absolute Gasteiger partial charge is 0.463 e. The molecule has 1 aromatic carbocycles. The maximum absolute atomic E-state index is 13.9. The van der Waals surface area contributed by atoms with Crippen LogP contribution in [0.4, 0.5) is 19.0 Å². The quantitative estimate of drug-likeness (QED) is 0.225. The van der Waals surface area contributed by atoms with Crippen LogP contribution in [0.1, 0.15) is 64.6 Å². The minimum Gasteiger partial charge on any atom is -0.463 e. The first kappa shape index (κ1) is 31.8. The van der Waals surface area contributed by atoms with Crippen molar-refractivity contribution in [2.75, 3.05) is 12.4 Å². The number of nitrogens with zero attached hydrogens (tertiary/aromatic N) is 6. The molecule has 0 unspecified atom stereocenters. The Kier molecular flexibility index (Phi) is 7.60. The Hall–Kier alpha value is -5.21. The molecule has 0 radical (unpaired) electrons. The number of carbonyl (C=O) groups excluding carboxylic acids is 4. The molecule has 2 amide bonds. The maximum atomic E-state index is 13.9. The Labute approximate surface area is 266 Å². The van der Waals surface area contributed by atoms with Crippen molar-refractivity contribution in [2.24, 2.45) is 5.41 Å². The number of methoxy groups -OCH3 is 1. The third kappa shape index (κ3) is 5.70. The molecule has 4 aromatic rings. The zero-order valence-electron chi connectivity index (χ0n) is 26.1. The Morgan fingerprint density at radius 3 is 2.38 bits per heavy atom. The van der Waals surface area contributed by atoms with Gasteiger partial charge in [-0.3, -0.25) is 19.1 Å². The zero-order chi connectivity index (χ0) is 34.0. The predicted octanol–water partition coefficient (Wildman–Crippen LogP) is 4.53. The minimum atomic E-state index is -4.69. The molecule has 2 fully saturated rings. The Morgan fingerprint density at radius 2 is 1.74 bits per heavy atom. The van der Waals surface area contributed by atoms with Gasteiger partial charge in [0.1, 0.15) is 29.8 Å². The molecule has 3 aromatic heterocycles. The molecular weight excluding hydrogens is 619 g/mol. The van der Waals surface area contributed by atoms with E-state index in [9.17, 15) is 32.3 Å². The number of aryl methyl sites for hydroxylation is 2. The van der Waals surface area contributed by atoms with Gasteiger partial charge in [-0.1, -0.05) is 13.0 Å². The number of alkyl halides is 3. The highest BCUT2D eigenvalue weighted by atomic mass is 19.4. The van der Waals surface area contributed by atoms with Crippen molar-refractivity contribution >= 4 is 40.3 Å². The van der Waals surface area contributed by atoms with Crippen LogP contribution in [0, 0.1) is 19.3 Å². The number of ether oxygens (including phenoxy) is 1. The average molecular weight is 650 g/mol. The van der Waals surface area contributed by atoms with Crippen LogP contribution in [-0.2, 0) is 27.0 Å². The molecule has 15 heteroatoms. The summed E-state index contributed by atoms with van der Waals surface area (Å²) in [7, 11) is 1.23. The number of Topliss-reactive ketones (excluding diaryl/α,β-unsaturated/α-hetero) is 1. The molecule has 1 N–H and O–H groups in total. The van der Waals surface area contributed by atoms with Crippen LogP contribution in [0.2, 0.25) is 0 Å². The summed E-state index contributed by atoms with van der Waals surface area (Å²) in [6.45, 7) is 6.38. The highest BCUT2D eigenvalue weighted by Gasteiger charge is 2.64. The summed E-state index contributed by atoms with van der Waals surface area (Å²) in [6, 6.07) is 4.47. The van der Waals surface area contributed by atoms with Crippen LogP contribution in [0.25, 0.3) is 22.0 Å². The number of pyridine rings is 1. The number of halogens is 3. The first-order valence-corrected chi connectivity index (χ1v) is 14.7. The van der Waals surface area contributed by atoms with Gasteiger partial charge in [0.2, 0.25) is 17.6 Å². The number of ketones is 1. The van der Waals surface area contributed by atoms with E-state index in [-0.39, 0.29) is 41.1 Å². The molecule has 1 saturated heterocycles. The summed E-state index contributed by atoms with van der Waals surface area (Å²) in [5.41, 5.74) is 1.52. The number of likely N-dealkylation sites (tertiary alicyclic amines) is 1. The summed E-state index contributed by atoms with van der Waals surface area (Å²) >= 11 is 0. The molecule has 3 atom stereocenters. The lowest BCUT2D eigenvalue weighted by molar-refractivity contribution is -0.141. The fourth-order valence-corrected chi connectivity index (χ4v) is 6.33. The molecule has 1 saturated carbocycles. The van der Waals surface area contributed by atoms with Gasteiger partial charge in [0.05, 0.1) is 12.6 Å². The van der Waals surface area contributed by atoms with Crippen molar-refractivity contribution in [3.8, 4) is 11.1 Å². The number of carbonyl (C=O) groups is 4. The number of amides is 2. The standard InChI is InChI=1S/C32H30F3N7O5/c1-15-6-7-22(32(33,34)35)38-27(15)39-29(45)21-10-31(4)11-23(31)42(21)24(44)14-41-26-16(2)8-18(9-20(26)25(40-41)17(3)43)19-12-36-28(37-13-19)30(46)47-5/h6-9,12-13,21,23H,10-11,14H2,1-5H3,(H,38,39,45)/t21-,23+,31+/m0/s1. The highest BCUT2D eigenvalue weighted by molar-refractivity contribution is 6.07. The van der Waals surface area contributed by atoms with E-state index in [1.54, 1.807) is 13.0 Å². The van der Waals surface area contributed by atoms with E-state index in [1.807, 2.05) is 13.0 Å². The predicted molar refractivity (Wildman–Crippen MR) is 161 cm³/mol. The molecule has 2 aliphatic rings. The second-order valence-electron chi connectivity index (χ2n) is 12.3. The fraction of sp³-hybridized carbons (Fsp3) is 0.375. The lowest BCUT2D eigenvalue weighted by atomic mass is 10.0. The van der Waals surface area contributed by atoms with Gasteiger partial charge in [-0.25, -0.2) is 19.7 Å². The maximum Gasteiger partial charge on any atom is 0.433 e. The summed E-state index contributed by atoms with van der Waals surface area (Å²) < 4.78 is 46.0. The van der Waals surface area contributed by atoms with E-state index >= 15 is 0 Å². The molecule has 47 heavy (non-hydrogen) atoms. The number of rotatable bonds is 7. The second kappa shape index (κ2) is 11.2. The molecular formula is C32H30F3N7O5. The van der Waals surface area contributed by atoms with Gasteiger partial charge in [-0.05, 0) is 67.0 Å². The van der Waals surface area contributed by atoms with Crippen LogP contribution in [0.3, 0.4) is 0 Å². The molecule has 6 rings (SSSR count). The van der Waals surface area contributed by atoms with Gasteiger partial charge in [-0.2, -0.15) is 18.3 Å². The highest BCUT2D eigenvalue weighted by Crippen LogP contribution is 2.59. The fourth-order valence-electron chi connectivity index (χ4n) is 6.33. The SMILES string of the molecule is COC(=O)c1ncc(-c2cc(C)c3c(c2)c(C(C)=O)nn3CC(=O)N2[C@H](C(=O)Nc3nc(C(F)(F)F)ccc3C)C[C@]3(C)C[C@@H]23)cn1. The van der Waals surface area contributed by atoms with Crippen molar-refractivity contribution in [1.82, 2.24) is 29.6 Å². The molecule has 4 heterocycles. The van der Waals surface area contributed by atoms with Crippen molar-refractivity contribution in [2.45, 2.75) is 65.3 Å². The first-order valence-electron chi connectivity index (χ1n) is 14.7. The average Bonchev–Trinajstić information content (AvgIpc) is 3.37. The second-order valence-corrected chi connectivity index (χ2v) is 12.3. The molecule has 1 aliphatic carbocycles. The summed E-state index contributed by atoms with van der Waals surface area (Å²) in [5, 5.41) is 7.51. The molecule has 244 valence electrons. The van der Waals surface area contributed by atoms with Crippen LogP contribution in [0.5, 0.6) is 0 Å². The van der Waals surface area contributed by atoms with E-state index in [2.05, 4.69) is 30.1 Å². The van der Waals surface area contributed by atoms with Crippen molar-refractivity contribution in [3.05, 3.63) is 65.0 Å². The topological polar surface area (TPSA) is 149 Å². The lowest BCUT2D eigenvalue weighted by Crippen LogP contribution is -2.47. The molecule has 1 aliphatic heterocycles. The zero-order valence-corrected chi connectivity index (χ0v) is 26.1. The Morgan fingerprint density at radius 1 is 1.04 bits per heavy atom. The molecule has 0 spiro atoms. The van der Waals surface area contributed by atoms with Gasteiger partial charge in [-0.15, -0.1) is 0 Å². The number of hydrogen-bond donors (Lipinski definition) is 1. The normalized spacial score (nSPS) is 20.2. The van der Waals surface area contributed by atoms with Gasteiger partial charge >= 0.3 is 12.1 Å². The van der Waals surface area contributed by atoms with E-state index in [0.29, 0.717) is 46.0 Å². The number of aromatic nitrogens is 5. The van der Waals surface area contributed by atoms with Crippen LogP contribution < -0.4 is 5.32 Å². The summed E-state index contributed by atoms with van der Waals surface area (Å²) in [4.78, 5) is 65.1. The van der Waals surface area contributed by atoms with E-state index in [1.165, 1.54) is 49.0 Å². The number of esters is 1. The third-order valence-corrected chi connectivity index (χ3v) is 8.86. The van der Waals surface area contributed by atoms with E-state index < -0.39 is 35.7 Å². The van der Waals surface area contributed by atoms with Crippen molar-refractivity contribution in [3.63, 3.8) is 0 Å². The summed E-state index contributed by atoms with van der Waals surface area (Å²) in [5.74, 6) is -2.37. The first-order chi connectivity index (χ1) is 22.1. The minimum absolute atomic E-state index is 0.105. The number of fused-ring (bicyclic) bond motifs is 2. The monoisotopic (exact) mass is 649 g/mol. The van der Waals surface area contributed by atoms with E-state index in [4.69, 9.17) is 0 Å². The lowest BCUT2D eigenvalue weighted by Gasteiger charge is -2.27. The van der Waals surface area contributed by atoms with Gasteiger partial charge in [0.15, 0.2) is 5.78 Å². The molecule has 0 bridgehead atoms. The van der Waals surface area contributed by atoms with Gasteiger partial charge in [0.25, 0.3) is 0 Å². The smallest absolute Gasteiger partial charge is 0.433 e. The van der Waals surface area contributed by atoms with E-state index in [0.717, 1.165) is 6.07 Å². The van der Waals surface area contributed by atoms with Crippen molar-refractivity contribution in [1.29, 1.82) is 0 Å². The van der Waals surface area contributed by atoms with Gasteiger partial charge < -0.3 is 15.0 Å². The number of anilines is 1. The number of piperidine rings is 1. The molecule has 12 nitrogen and oxygen atoms in total.